The van der Waals surface area contributed by atoms with Gasteiger partial charge in [0.25, 0.3) is 5.91 Å². The average molecular weight is 275 g/mol. The minimum Gasteiger partial charge on any atom is -0.481 e. The Morgan fingerprint density at radius 3 is 2.45 bits per heavy atom. The molecule has 0 N–H and O–H groups in total. The van der Waals surface area contributed by atoms with E-state index in [-0.39, 0.29) is 5.91 Å². The first-order valence-corrected chi connectivity index (χ1v) is 7.60. The summed E-state index contributed by atoms with van der Waals surface area (Å²) >= 11 is 0. The number of nitrogens with zero attached hydrogens (tertiary/aromatic N) is 1. The average Bonchev–Trinajstić information content (AvgIpc) is 2.71. The van der Waals surface area contributed by atoms with Crippen molar-refractivity contribution in [2.24, 2.45) is 0 Å². The second-order valence-corrected chi connectivity index (χ2v) is 5.77. The fraction of sp³-hybridized carbons (Fsp3) is 0.588. The third-order valence-corrected chi connectivity index (χ3v) is 3.91. The van der Waals surface area contributed by atoms with Crippen molar-refractivity contribution in [1.29, 1.82) is 0 Å². The Bertz CT molecular complexity index is 462. The second kappa shape index (κ2) is 6.78. The van der Waals surface area contributed by atoms with Crippen molar-refractivity contribution < 1.29 is 9.53 Å². The zero-order valence-corrected chi connectivity index (χ0v) is 12.8. The SMILES string of the molecule is Cc1ccc(C)c(O[C@@H](C)C(=O)N2CCCCCC2)c1. The first kappa shape index (κ1) is 14.9. The number of benzene rings is 1. The van der Waals surface area contributed by atoms with Crippen LogP contribution >= 0.6 is 0 Å². The monoisotopic (exact) mass is 275 g/mol. The molecule has 1 amide bonds. The van der Waals surface area contributed by atoms with Gasteiger partial charge in [0.05, 0.1) is 0 Å². The standard InChI is InChI=1S/C17H25NO2/c1-13-8-9-14(2)16(12-13)20-15(3)17(19)18-10-6-4-5-7-11-18/h8-9,12,15H,4-7,10-11H2,1-3H3/t15-/m0/s1. The van der Waals surface area contributed by atoms with Crippen LogP contribution in [0, 0.1) is 13.8 Å². The summed E-state index contributed by atoms with van der Waals surface area (Å²) in [6.07, 6.45) is 4.28. The molecular formula is C17H25NO2. The number of aryl methyl sites for hydroxylation is 2. The summed E-state index contributed by atoms with van der Waals surface area (Å²) in [7, 11) is 0. The van der Waals surface area contributed by atoms with E-state index in [1.807, 2.05) is 37.8 Å². The molecule has 0 saturated carbocycles. The van der Waals surface area contributed by atoms with Crippen molar-refractivity contribution in [3.05, 3.63) is 29.3 Å². The lowest BCUT2D eigenvalue weighted by atomic mass is 10.1. The van der Waals surface area contributed by atoms with Gasteiger partial charge >= 0.3 is 0 Å². The predicted octanol–water partition coefficient (Wildman–Crippen LogP) is 3.47. The zero-order chi connectivity index (χ0) is 14.5. The van der Waals surface area contributed by atoms with E-state index in [9.17, 15) is 4.79 Å². The quantitative estimate of drug-likeness (QED) is 0.845. The van der Waals surface area contributed by atoms with Crippen molar-refractivity contribution in [1.82, 2.24) is 4.90 Å². The number of ether oxygens (including phenoxy) is 1. The topological polar surface area (TPSA) is 29.5 Å². The highest BCUT2D eigenvalue weighted by atomic mass is 16.5. The van der Waals surface area contributed by atoms with E-state index < -0.39 is 6.10 Å². The number of hydrogen-bond acceptors (Lipinski definition) is 2. The van der Waals surface area contributed by atoms with E-state index >= 15 is 0 Å². The molecule has 1 heterocycles. The lowest BCUT2D eigenvalue weighted by Gasteiger charge is -2.25. The normalized spacial score (nSPS) is 17.4. The first-order valence-electron chi connectivity index (χ1n) is 7.60. The summed E-state index contributed by atoms with van der Waals surface area (Å²) in [5, 5.41) is 0. The molecular weight excluding hydrogens is 250 g/mol. The molecule has 0 spiro atoms. The van der Waals surface area contributed by atoms with E-state index in [2.05, 4.69) is 6.07 Å². The highest BCUT2D eigenvalue weighted by Gasteiger charge is 2.23. The number of likely N-dealkylation sites (tertiary alicyclic amines) is 1. The molecule has 0 aromatic heterocycles. The number of carbonyl (C=O) groups is 1. The molecule has 3 nitrogen and oxygen atoms in total. The van der Waals surface area contributed by atoms with Crippen molar-refractivity contribution in [2.75, 3.05) is 13.1 Å². The third-order valence-electron chi connectivity index (χ3n) is 3.91. The molecule has 1 aliphatic rings. The van der Waals surface area contributed by atoms with Gasteiger partial charge in [-0.3, -0.25) is 4.79 Å². The van der Waals surface area contributed by atoms with Crippen LogP contribution in [0.3, 0.4) is 0 Å². The predicted molar refractivity (Wildman–Crippen MR) is 81.1 cm³/mol. The van der Waals surface area contributed by atoms with Gasteiger partial charge in [-0.05, 0) is 50.8 Å². The fourth-order valence-electron chi connectivity index (χ4n) is 2.62. The maximum Gasteiger partial charge on any atom is 0.263 e. The molecule has 0 bridgehead atoms. The van der Waals surface area contributed by atoms with E-state index in [4.69, 9.17) is 4.74 Å². The molecule has 2 rings (SSSR count). The van der Waals surface area contributed by atoms with Gasteiger partial charge in [0, 0.05) is 13.1 Å². The van der Waals surface area contributed by atoms with Gasteiger partial charge in [-0.15, -0.1) is 0 Å². The van der Waals surface area contributed by atoms with Crippen LogP contribution in [0.15, 0.2) is 18.2 Å². The van der Waals surface area contributed by atoms with Crippen molar-refractivity contribution >= 4 is 5.91 Å². The first-order chi connectivity index (χ1) is 9.58. The van der Waals surface area contributed by atoms with E-state index in [1.54, 1.807) is 0 Å². The molecule has 1 atom stereocenters. The molecule has 0 aliphatic carbocycles. The van der Waals surface area contributed by atoms with Crippen LogP contribution in [-0.4, -0.2) is 30.0 Å². The molecule has 20 heavy (non-hydrogen) atoms. The maximum absolute atomic E-state index is 12.5. The van der Waals surface area contributed by atoms with Crippen LogP contribution in [0.2, 0.25) is 0 Å². The Morgan fingerprint density at radius 2 is 1.80 bits per heavy atom. The number of carbonyl (C=O) groups excluding carboxylic acids is 1. The maximum atomic E-state index is 12.5. The lowest BCUT2D eigenvalue weighted by molar-refractivity contribution is -0.137. The highest BCUT2D eigenvalue weighted by molar-refractivity contribution is 5.81. The smallest absolute Gasteiger partial charge is 0.263 e. The van der Waals surface area contributed by atoms with E-state index in [1.165, 1.54) is 12.8 Å². The third kappa shape index (κ3) is 3.75. The molecule has 3 heteroatoms. The molecule has 1 saturated heterocycles. The van der Waals surface area contributed by atoms with Gasteiger partial charge in [0.1, 0.15) is 5.75 Å². The van der Waals surface area contributed by atoms with Crippen LogP contribution in [0.1, 0.15) is 43.7 Å². The molecule has 1 aromatic rings. The van der Waals surface area contributed by atoms with Crippen molar-refractivity contribution in [3.63, 3.8) is 0 Å². The van der Waals surface area contributed by atoms with Crippen molar-refractivity contribution in [2.45, 2.75) is 52.6 Å². The van der Waals surface area contributed by atoms with Gasteiger partial charge in [0.15, 0.2) is 6.10 Å². The van der Waals surface area contributed by atoms with Gasteiger partial charge in [-0.1, -0.05) is 25.0 Å². The van der Waals surface area contributed by atoms with Gasteiger partial charge in [-0.2, -0.15) is 0 Å². The molecule has 110 valence electrons. The molecule has 1 fully saturated rings. The van der Waals surface area contributed by atoms with Gasteiger partial charge in [-0.25, -0.2) is 0 Å². The molecule has 0 unspecified atom stereocenters. The Morgan fingerprint density at radius 1 is 1.15 bits per heavy atom. The number of hydrogen-bond donors (Lipinski definition) is 0. The summed E-state index contributed by atoms with van der Waals surface area (Å²) in [4.78, 5) is 14.4. The van der Waals surface area contributed by atoms with E-state index in [0.29, 0.717) is 0 Å². The van der Waals surface area contributed by atoms with Crippen LogP contribution in [-0.2, 0) is 4.79 Å². The van der Waals surface area contributed by atoms with Crippen LogP contribution in [0.5, 0.6) is 5.75 Å². The fourth-order valence-corrected chi connectivity index (χ4v) is 2.62. The number of rotatable bonds is 3. The van der Waals surface area contributed by atoms with Crippen LogP contribution in [0.25, 0.3) is 0 Å². The van der Waals surface area contributed by atoms with Crippen LogP contribution < -0.4 is 4.74 Å². The largest absolute Gasteiger partial charge is 0.481 e. The summed E-state index contributed by atoms with van der Waals surface area (Å²) in [5.41, 5.74) is 2.23. The lowest BCUT2D eigenvalue weighted by Crippen LogP contribution is -2.41. The van der Waals surface area contributed by atoms with Gasteiger partial charge < -0.3 is 9.64 Å². The Balaban J connectivity index is 2.01. The Hall–Kier alpha value is -1.51. The summed E-state index contributed by atoms with van der Waals surface area (Å²) < 4.78 is 5.89. The van der Waals surface area contributed by atoms with Crippen molar-refractivity contribution in [3.8, 4) is 5.75 Å². The Kier molecular flexibility index (Phi) is 5.05. The molecule has 0 radical (unpaired) electrons. The minimum absolute atomic E-state index is 0.118. The summed E-state index contributed by atoms with van der Waals surface area (Å²) in [6.45, 7) is 7.65. The summed E-state index contributed by atoms with van der Waals surface area (Å²) in [5.74, 6) is 0.938. The van der Waals surface area contributed by atoms with Gasteiger partial charge in [0.2, 0.25) is 0 Å². The van der Waals surface area contributed by atoms with Crippen LogP contribution in [0.4, 0.5) is 0 Å². The number of amides is 1. The molecule has 1 aromatic carbocycles. The highest BCUT2D eigenvalue weighted by Crippen LogP contribution is 2.21. The van der Waals surface area contributed by atoms with E-state index in [0.717, 1.165) is 42.8 Å². The molecule has 1 aliphatic heterocycles. The summed E-state index contributed by atoms with van der Waals surface area (Å²) in [6, 6.07) is 6.10. The zero-order valence-electron chi connectivity index (χ0n) is 12.8. The second-order valence-electron chi connectivity index (χ2n) is 5.77. The Labute approximate surface area is 121 Å². The minimum atomic E-state index is -0.409.